The van der Waals surface area contributed by atoms with Crippen LogP contribution in [-0.4, -0.2) is 55.9 Å². The Kier molecular flexibility index (Phi) is 8.03. The van der Waals surface area contributed by atoms with E-state index in [4.69, 9.17) is 9.47 Å². The maximum atomic E-state index is 12.7. The predicted molar refractivity (Wildman–Crippen MR) is 118 cm³/mol. The maximum absolute atomic E-state index is 12.7. The van der Waals surface area contributed by atoms with E-state index in [-0.39, 0.29) is 30.4 Å². The number of hydrogen-bond donors (Lipinski definition) is 3. The van der Waals surface area contributed by atoms with E-state index < -0.39 is 0 Å². The first-order valence-electron chi connectivity index (χ1n) is 10.6. The van der Waals surface area contributed by atoms with Crippen LogP contribution in [0.3, 0.4) is 0 Å². The number of aliphatic hydroxyl groups excluding tert-OH is 1. The first-order valence-corrected chi connectivity index (χ1v) is 10.6. The van der Waals surface area contributed by atoms with Crippen LogP contribution in [0.5, 0.6) is 5.75 Å². The summed E-state index contributed by atoms with van der Waals surface area (Å²) >= 11 is 0. The van der Waals surface area contributed by atoms with Crippen LogP contribution in [0.4, 0.5) is 0 Å². The molecule has 0 saturated carbocycles. The first kappa shape index (κ1) is 22.8. The Bertz CT molecular complexity index is 913. The summed E-state index contributed by atoms with van der Waals surface area (Å²) in [7, 11) is 0. The molecule has 3 rings (SSSR count). The zero-order chi connectivity index (χ0) is 22.2. The van der Waals surface area contributed by atoms with Gasteiger partial charge in [-0.3, -0.25) is 9.59 Å². The van der Waals surface area contributed by atoms with E-state index in [2.05, 4.69) is 10.6 Å². The highest BCUT2D eigenvalue weighted by Crippen LogP contribution is 2.24. The van der Waals surface area contributed by atoms with Crippen LogP contribution in [-0.2, 0) is 11.2 Å². The molecule has 31 heavy (non-hydrogen) atoms. The number of ether oxygens (including phenoxy) is 2. The van der Waals surface area contributed by atoms with Gasteiger partial charge in [0.1, 0.15) is 12.4 Å². The smallest absolute Gasteiger partial charge is 0.251 e. The molecule has 0 spiro atoms. The van der Waals surface area contributed by atoms with Crippen molar-refractivity contribution in [2.75, 3.05) is 33.0 Å². The third kappa shape index (κ3) is 6.29. The summed E-state index contributed by atoms with van der Waals surface area (Å²) in [5.74, 6) is 0.403. The number of nitrogens with one attached hydrogen (secondary N) is 2. The Morgan fingerprint density at radius 1 is 1.16 bits per heavy atom. The van der Waals surface area contributed by atoms with Gasteiger partial charge in [0.2, 0.25) is 0 Å². The molecule has 0 unspecified atom stereocenters. The number of benzene rings is 2. The standard InChI is InChI=1S/C24H30N2O5/c1-16(2)21(15-27)26-24(29)19-6-7-22-20(14-19)13-17-4-3-5-18(12-17)23(28)25-8-9-30-10-11-31-22/h3-7,12,14,16,21,27H,8-11,13,15H2,1-2H3,(H,25,28)(H,26,29)/t21-/m1/s1. The van der Waals surface area contributed by atoms with Crippen LogP contribution in [0.1, 0.15) is 45.7 Å². The predicted octanol–water partition coefficient (Wildman–Crippen LogP) is 2.16. The number of hydrogen-bond acceptors (Lipinski definition) is 5. The second-order valence-corrected chi connectivity index (χ2v) is 7.92. The molecule has 0 radical (unpaired) electrons. The van der Waals surface area contributed by atoms with E-state index in [0.29, 0.717) is 49.7 Å². The third-order valence-corrected chi connectivity index (χ3v) is 5.24. The summed E-state index contributed by atoms with van der Waals surface area (Å²) in [6.45, 7) is 5.38. The van der Waals surface area contributed by atoms with Crippen molar-refractivity contribution in [3.05, 3.63) is 64.7 Å². The molecule has 0 saturated heterocycles. The van der Waals surface area contributed by atoms with E-state index in [1.165, 1.54) is 0 Å². The minimum atomic E-state index is -0.315. The Morgan fingerprint density at radius 2 is 2.00 bits per heavy atom. The van der Waals surface area contributed by atoms with Gasteiger partial charge in [0.15, 0.2) is 0 Å². The normalized spacial score (nSPS) is 15.8. The molecule has 2 bridgehead atoms. The van der Waals surface area contributed by atoms with Gasteiger partial charge < -0.3 is 25.2 Å². The molecule has 1 heterocycles. The van der Waals surface area contributed by atoms with Crippen molar-refractivity contribution in [3.63, 3.8) is 0 Å². The Hall–Kier alpha value is -2.90. The number of carbonyl (C=O) groups is 2. The lowest BCUT2D eigenvalue weighted by molar-refractivity contribution is 0.0865. The van der Waals surface area contributed by atoms with Crippen LogP contribution in [0.2, 0.25) is 0 Å². The average molecular weight is 427 g/mol. The zero-order valence-electron chi connectivity index (χ0n) is 18.0. The monoisotopic (exact) mass is 426 g/mol. The summed E-state index contributed by atoms with van der Waals surface area (Å²) in [6.07, 6.45) is 0.506. The summed E-state index contributed by atoms with van der Waals surface area (Å²) in [4.78, 5) is 25.1. The van der Waals surface area contributed by atoms with E-state index in [0.717, 1.165) is 11.1 Å². The van der Waals surface area contributed by atoms with E-state index in [1.54, 1.807) is 24.3 Å². The van der Waals surface area contributed by atoms with Crippen molar-refractivity contribution in [2.24, 2.45) is 5.92 Å². The van der Waals surface area contributed by atoms with E-state index in [9.17, 15) is 14.7 Å². The van der Waals surface area contributed by atoms with E-state index in [1.807, 2.05) is 32.0 Å². The van der Waals surface area contributed by atoms with Crippen LogP contribution < -0.4 is 15.4 Å². The fraction of sp³-hybridized carbons (Fsp3) is 0.417. The molecule has 2 aromatic rings. The lowest BCUT2D eigenvalue weighted by Gasteiger charge is -2.20. The molecule has 7 nitrogen and oxygen atoms in total. The molecule has 0 fully saturated rings. The minimum absolute atomic E-state index is 0.114. The molecular formula is C24H30N2O5. The zero-order valence-corrected chi connectivity index (χ0v) is 18.0. The highest BCUT2D eigenvalue weighted by molar-refractivity contribution is 5.95. The highest BCUT2D eigenvalue weighted by atomic mass is 16.5. The molecular weight excluding hydrogens is 396 g/mol. The van der Waals surface area contributed by atoms with Crippen molar-refractivity contribution >= 4 is 11.8 Å². The van der Waals surface area contributed by atoms with E-state index >= 15 is 0 Å². The van der Waals surface area contributed by atoms with Gasteiger partial charge in [0.25, 0.3) is 11.8 Å². The second-order valence-electron chi connectivity index (χ2n) is 7.92. The van der Waals surface area contributed by atoms with Gasteiger partial charge in [-0.1, -0.05) is 26.0 Å². The van der Waals surface area contributed by atoms with Crippen molar-refractivity contribution in [1.29, 1.82) is 0 Å². The Balaban J connectivity index is 1.90. The number of amides is 2. The quantitative estimate of drug-likeness (QED) is 0.696. The van der Waals surface area contributed by atoms with Gasteiger partial charge in [0, 0.05) is 24.1 Å². The van der Waals surface area contributed by atoms with Crippen LogP contribution >= 0.6 is 0 Å². The van der Waals surface area contributed by atoms with Crippen LogP contribution in [0, 0.1) is 5.92 Å². The minimum Gasteiger partial charge on any atom is -0.491 e. The number of fused-ring (bicyclic) bond motifs is 3. The molecule has 7 heteroatoms. The summed E-state index contributed by atoms with van der Waals surface area (Å²) in [5, 5.41) is 15.2. The van der Waals surface area contributed by atoms with Gasteiger partial charge in [0.05, 0.1) is 25.9 Å². The maximum Gasteiger partial charge on any atom is 0.251 e. The fourth-order valence-corrected chi connectivity index (χ4v) is 3.37. The Morgan fingerprint density at radius 3 is 2.77 bits per heavy atom. The topological polar surface area (TPSA) is 96.9 Å². The molecule has 2 aromatic carbocycles. The lowest BCUT2D eigenvalue weighted by Crippen LogP contribution is -2.41. The SMILES string of the molecule is CC(C)[C@@H](CO)NC(=O)c1ccc2c(c1)Cc1cccc(c1)C(=O)NCCOCCO2. The molecule has 166 valence electrons. The fourth-order valence-electron chi connectivity index (χ4n) is 3.37. The van der Waals surface area contributed by atoms with Crippen molar-refractivity contribution < 1.29 is 24.2 Å². The van der Waals surface area contributed by atoms with Gasteiger partial charge >= 0.3 is 0 Å². The van der Waals surface area contributed by atoms with Crippen molar-refractivity contribution in [2.45, 2.75) is 26.3 Å². The summed E-state index contributed by atoms with van der Waals surface area (Å²) < 4.78 is 11.4. The van der Waals surface area contributed by atoms with Gasteiger partial charge in [-0.2, -0.15) is 0 Å². The Labute approximate surface area is 182 Å². The lowest BCUT2D eigenvalue weighted by atomic mass is 9.99. The number of aliphatic hydroxyl groups is 1. The van der Waals surface area contributed by atoms with Gasteiger partial charge in [-0.05, 0) is 47.4 Å². The average Bonchev–Trinajstić information content (AvgIpc) is 2.76. The molecule has 1 atom stereocenters. The largest absolute Gasteiger partial charge is 0.491 e. The molecule has 0 aromatic heterocycles. The molecule has 2 amide bonds. The molecule has 3 N–H and O–H groups in total. The van der Waals surface area contributed by atoms with Crippen LogP contribution in [0.25, 0.3) is 0 Å². The van der Waals surface area contributed by atoms with Gasteiger partial charge in [-0.25, -0.2) is 0 Å². The third-order valence-electron chi connectivity index (χ3n) is 5.24. The summed E-state index contributed by atoms with van der Waals surface area (Å²) in [5.41, 5.74) is 2.85. The summed E-state index contributed by atoms with van der Waals surface area (Å²) in [6, 6.07) is 12.4. The molecule has 0 aliphatic carbocycles. The second kappa shape index (κ2) is 10.9. The highest BCUT2D eigenvalue weighted by Gasteiger charge is 2.18. The van der Waals surface area contributed by atoms with Crippen molar-refractivity contribution in [3.8, 4) is 5.75 Å². The first-order chi connectivity index (χ1) is 15.0. The van der Waals surface area contributed by atoms with Gasteiger partial charge in [-0.15, -0.1) is 0 Å². The van der Waals surface area contributed by atoms with Crippen LogP contribution in [0.15, 0.2) is 42.5 Å². The number of carbonyl (C=O) groups excluding carboxylic acids is 2. The van der Waals surface area contributed by atoms with Crippen molar-refractivity contribution in [1.82, 2.24) is 10.6 Å². The molecule has 1 aliphatic rings. The number of rotatable bonds is 4. The molecule has 1 aliphatic heterocycles.